The van der Waals surface area contributed by atoms with Gasteiger partial charge in [-0.2, -0.15) is 5.10 Å². The number of amides is 3. The van der Waals surface area contributed by atoms with Crippen molar-refractivity contribution >= 4 is 53.1 Å². The quantitative estimate of drug-likeness (QED) is 0.100. The van der Waals surface area contributed by atoms with Gasteiger partial charge < -0.3 is 22.2 Å². The van der Waals surface area contributed by atoms with Gasteiger partial charge in [0.25, 0.3) is 0 Å². The van der Waals surface area contributed by atoms with E-state index in [1.165, 1.54) is 17.4 Å². The fourth-order valence-corrected chi connectivity index (χ4v) is 4.59. The number of nitrogens with two attached hydrogens (primary N) is 3. The maximum absolute atomic E-state index is 13.0. The van der Waals surface area contributed by atoms with Crippen LogP contribution in [0.1, 0.15) is 53.3 Å². The van der Waals surface area contributed by atoms with Gasteiger partial charge in [-0.1, -0.05) is 24.1 Å². The number of halogens is 1. The summed E-state index contributed by atoms with van der Waals surface area (Å²) in [5.74, 6) is 10.1. The maximum Gasteiger partial charge on any atom is 0.248 e. The van der Waals surface area contributed by atoms with Crippen LogP contribution < -0.4 is 33.1 Å². The third-order valence-corrected chi connectivity index (χ3v) is 6.60. The predicted octanol–water partition coefficient (Wildman–Crippen LogP) is 3.47. The molecular weight excluding hydrogens is 532 g/mol. The van der Waals surface area contributed by atoms with Gasteiger partial charge in [0.05, 0.1) is 17.4 Å². The fourth-order valence-electron chi connectivity index (χ4n) is 4.41. The summed E-state index contributed by atoms with van der Waals surface area (Å²) >= 11 is 6.15. The zero-order chi connectivity index (χ0) is 28.6. The average Bonchev–Trinajstić information content (AvgIpc) is 2.93. The Balaban J connectivity index is 1.63. The van der Waals surface area contributed by atoms with E-state index in [9.17, 15) is 14.4 Å². The van der Waals surface area contributed by atoms with Crippen molar-refractivity contribution in [3.63, 3.8) is 0 Å². The highest BCUT2D eigenvalue weighted by Gasteiger charge is 2.19. The summed E-state index contributed by atoms with van der Waals surface area (Å²) in [7, 11) is 0. The van der Waals surface area contributed by atoms with Gasteiger partial charge in [0.2, 0.25) is 17.7 Å². The number of fused-ring (bicyclic) bond motifs is 4. The second-order valence-electron chi connectivity index (χ2n) is 9.16. The Labute approximate surface area is 236 Å². The summed E-state index contributed by atoms with van der Waals surface area (Å²) in [5, 5.41) is 11.0. The third-order valence-electron chi connectivity index (χ3n) is 6.36. The first-order valence-electron chi connectivity index (χ1n) is 12.5. The molecule has 3 amide bonds. The molecule has 1 unspecified atom stereocenters. The molecule has 1 aliphatic heterocycles. The van der Waals surface area contributed by atoms with Crippen LogP contribution in [0, 0.1) is 0 Å². The zero-order valence-corrected chi connectivity index (χ0v) is 22.3. The number of primary amides is 1. The molecule has 4 rings (SSSR count). The highest BCUT2D eigenvalue weighted by atomic mass is 35.5. The van der Waals surface area contributed by atoms with Crippen molar-refractivity contribution in [2.45, 2.75) is 31.7 Å². The first-order valence-corrected chi connectivity index (χ1v) is 12.9. The van der Waals surface area contributed by atoms with Gasteiger partial charge in [-0.25, -0.2) is 5.84 Å². The standard InChI is InChI=1S/C28H29ClN8O3/c29-20-7-9-25(37(32)16-34-31)18(13-20)6-10-27(39)35-22-3-1-2-4-26(38)36-23-15-19(28(30)40)5-8-21(23)17-11-12-33-24(22)14-17/h5-16,22H,1-4,31-32H2,(H2,30,40)(H,35,39)(H,36,38)/b10-6+,34-16-. The van der Waals surface area contributed by atoms with Crippen molar-refractivity contribution in [3.8, 4) is 11.1 Å². The van der Waals surface area contributed by atoms with Gasteiger partial charge in [0, 0.05) is 46.1 Å². The minimum atomic E-state index is -0.592. The first-order chi connectivity index (χ1) is 19.2. The zero-order valence-electron chi connectivity index (χ0n) is 21.5. The lowest BCUT2D eigenvalue weighted by Gasteiger charge is -2.20. The van der Waals surface area contributed by atoms with Crippen LogP contribution in [0.5, 0.6) is 0 Å². The molecule has 206 valence electrons. The predicted molar refractivity (Wildman–Crippen MR) is 156 cm³/mol. The lowest BCUT2D eigenvalue weighted by atomic mass is 9.97. The van der Waals surface area contributed by atoms with E-state index >= 15 is 0 Å². The number of nitrogens with one attached hydrogen (secondary N) is 2. The van der Waals surface area contributed by atoms with Crippen LogP contribution in [0.3, 0.4) is 0 Å². The molecule has 8 N–H and O–H groups in total. The van der Waals surface area contributed by atoms with Gasteiger partial charge >= 0.3 is 0 Å². The van der Waals surface area contributed by atoms with Crippen molar-refractivity contribution in [3.05, 3.63) is 82.6 Å². The molecule has 0 fully saturated rings. The number of hydrazine groups is 1. The molecule has 2 bridgehead atoms. The monoisotopic (exact) mass is 560 g/mol. The Morgan fingerprint density at radius 1 is 1.15 bits per heavy atom. The van der Waals surface area contributed by atoms with Crippen molar-refractivity contribution in [1.29, 1.82) is 0 Å². The number of anilines is 2. The molecule has 0 spiro atoms. The summed E-state index contributed by atoms with van der Waals surface area (Å²) in [6, 6.07) is 13.2. The average molecular weight is 561 g/mol. The number of benzene rings is 2. The van der Waals surface area contributed by atoms with E-state index in [4.69, 9.17) is 29.0 Å². The molecule has 3 aromatic rings. The molecule has 11 nitrogen and oxygen atoms in total. The summed E-state index contributed by atoms with van der Waals surface area (Å²) < 4.78 is 0. The number of hydrogen-bond acceptors (Lipinski definition) is 7. The van der Waals surface area contributed by atoms with Crippen LogP contribution in [0.2, 0.25) is 5.02 Å². The highest BCUT2D eigenvalue weighted by Crippen LogP contribution is 2.32. The maximum atomic E-state index is 13.0. The number of hydrazone groups is 1. The van der Waals surface area contributed by atoms with Crippen LogP contribution in [0.15, 0.2) is 65.9 Å². The minimum Gasteiger partial charge on any atom is -0.366 e. The van der Waals surface area contributed by atoms with E-state index in [-0.39, 0.29) is 23.8 Å². The van der Waals surface area contributed by atoms with Gasteiger partial charge in [-0.05, 0) is 66.9 Å². The summed E-state index contributed by atoms with van der Waals surface area (Å²) in [4.78, 5) is 41.9. The lowest BCUT2D eigenvalue weighted by Crippen LogP contribution is -2.30. The van der Waals surface area contributed by atoms with E-state index in [2.05, 4.69) is 20.7 Å². The van der Waals surface area contributed by atoms with Gasteiger partial charge in [-0.3, -0.25) is 24.4 Å². The SMILES string of the molecule is N/N=C\N(N)c1ccc(Cl)cc1/C=C/C(=O)NC1CCCCC(=O)Nc2cc(C(N)=O)ccc2-c2ccnc1c2. The molecule has 1 atom stereocenters. The third kappa shape index (κ3) is 7.01. The number of pyridine rings is 1. The molecule has 40 heavy (non-hydrogen) atoms. The molecule has 0 radical (unpaired) electrons. The molecule has 1 aromatic heterocycles. The van der Waals surface area contributed by atoms with E-state index < -0.39 is 11.9 Å². The summed E-state index contributed by atoms with van der Waals surface area (Å²) in [5.41, 5.74) is 9.47. The molecule has 1 aliphatic rings. The summed E-state index contributed by atoms with van der Waals surface area (Å²) in [6.45, 7) is 0. The topological polar surface area (TPSA) is 182 Å². The van der Waals surface area contributed by atoms with Crippen molar-refractivity contribution in [2.24, 2.45) is 22.5 Å². The number of carbonyl (C=O) groups excluding carboxylic acids is 3. The van der Waals surface area contributed by atoms with Crippen LogP contribution >= 0.6 is 11.6 Å². The second kappa shape index (κ2) is 12.9. The Morgan fingerprint density at radius 3 is 2.75 bits per heavy atom. The Hall–Kier alpha value is -4.74. The number of hydrogen-bond donors (Lipinski definition) is 5. The molecule has 2 aromatic carbocycles. The lowest BCUT2D eigenvalue weighted by molar-refractivity contribution is -0.118. The molecule has 0 saturated heterocycles. The smallest absolute Gasteiger partial charge is 0.248 e. The van der Waals surface area contributed by atoms with E-state index in [0.29, 0.717) is 52.5 Å². The summed E-state index contributed by atoms with van der Waals surface area (Å²) in [6.07, 6.45) is 7.97. The number of rotatable bonds is 6. The number of nitrogens with zero attached hydrogens (tertiary/aromatic N) is 3. The van der Waals surface area contributed by atoms with Crippen LogP contribution in [-0.4, -0.2) is 29.0 Å². The van der Waals surface area contributed by atoms with Crippen molar-refractivity contribution < 1.29 is 14.4 Å². The van der Waals surface area contributed by atoms with Gasteiger partial charge in [0.15, 0.2) is 0 Å². The number of carbonyl (C=O) groups is 3. The molecular formula is C28H29ClN8O3. The second-order valence-corrected chi connectivity index (χ2v) is 9.59. The highest BCUT2D eigenvalue weighted by molar-refractivity contribution is 6.30. The minimum absolute atomic E-state index is 0.174. The molecule has 0 aliphatic carbocycles. The van der Waals surface area contributed by atoms with Crippen molar-refractivity contribution in [1.82, 2.24) is 10.3 Å². The molecule has 0 saturated carbocycles. The normalized spacial score (nSPS) is 15.6. The Morgan fingerprint density at radius 2 is 1.98 bits per heavy atom. The Kier molecular flexibility index (Phi) is 9.10. The van der Waals surface area contributed by atoms with Crippen LogP contribution in [0.25, 0.3) is 17.2 Å². The van der Waals surface area contributed by atoms with E-state index in [1.54, 1.807) is 54.7 Å². The Bertz CT molecular complexity index is 1490. The van der Waals surface area contributed by atoms with Gasteiger partial charge in [-0.15, -0.1) is 0 Å². The van der Waals surface area contributed by atoms with Crippen molar-refractivity contribution in [2.75, 3.05) is 10.3 Å². The van der Waals surface area contributed by atoms with E-state index in [1.807, 2.05) is 6.07 Å². The first kappa shape index (κ1) is 28.3. The van der Waals surface area contributed by atoms with E-state index in [0.717, 1.165) is 5.56 Å². The van der Waals surface area contributed by atoms with Gasteiger partial charge in [0.1, 0.15) is 6.34 Å². The fraction of sp³-hybridized carbons (Fsp3) is 0.179. The largest absolute Gasteiger partial charge is 0.366 e. The van der Waals surface area contributed by atoms with Crippen LogP contribution in [0.4, 0.5) is 11.4 Å². The molecule has 12 heteroatoms. The number of aromatic nitrogens is 1. The van der Waals surface area contributed by atoms with Crippen LogP contribution in [-0.2, 0) is 9.59 Å². The molecule has 2 heterocycles.